The Morgan fingerprint density at radius 2 is 2.30 bits per heavy atom. The summed E-state index contributed by atoms with van der Waals surface area (Å²) in [6.45, 7) is 2.00. The van der Waals surface area contributed by atoms with Gasteiger partial charge in [0.15, 0.2) is 0 Å². The molecule has 1 aliphatic rings. The number of hydrogen-bond acceptors (Lipinski definition) is 4. The van der Waals surface area contributed by atoms with Gasteiger partial charge in [0.2, 0.25) is 0 Å². The zero-order valence-corrected chi connectivity index (χ0v) is 12.6. The molecule has 0 fully saturated rings. The Morgan fingerprint density at radius 3 is 3.05 bits per heavy atom. The molecule has 1 aromatic heterocycles. The summed E-state index contributed by atoms with van der Waals surface area (Å²) in [5.41, 5.74) is 8.52. The standard InChI is InChI=1S/C15H19N3OS/c1-10-7-11(18(2)17-10)8-12(16)14-9-20-15-6-4-3-5-13(15)19-14/h3-7,12,14H,8-9,16H2,1-2H3. The lowest BCUT2D eigenvalue weighted by Gasteiger charge is -2.29. The van der Waals surface area contributed by atoms with Gasteiger partial charge in [-0.1, -0.05) is 12.1 Å². The molecule has 106 valence electrons. The van der Waals surface area contributed by atoms with Crippen molar-refractivity contribution >= 4 is 11.8 Å². The van der Waals surface area contributed by atoms with Crippen LogP contribution in [-0.2, 0) is 13.5 Å². The molecule has 0 spiro atoms. The highest BCUT2D eigenvalue weighted by Gasteiger charge is 2.26. The van der Waals surface area contributed by atoms with Gasteiger partial charge in [-0.3, -0.25) is 4.68 Å². The monoisotopic (exact) mass is 289 g/mol. The predicted molar refractivity (Wildman–Crippen MR) is 81.2 cm³/mol. The van der Waals surface area contributed by atoms with Crippen LogP contribution in [0.5, 0.6) is 5.75 Å². The summed E-state index contributed by atoms with van der Waals surface area (Å²) in [5, 5.41) is 4.36. The lowest BCUT2D eigenvalue weighted by Crippen LogP contribution is -2.43. The van der Waals surface area contributed by atoms with Crippen LogP contribution in [0.25, 0.3) is 0 Å². The van der Waals surface area contributed by atoms with Crippen molar-refractivity contribution in [3.05, 3.63) is 41.7 Å². The van der Waals surface area contributed by atoms with Crippen molar-refractivity contribution < 1.29 is 4.74 Å². The maximum atomic E-state index is 6.34. The van der Waals surface area contributed by atoms with Crippen LogP contribution in [0.3, 0.4) is 0 Å². The van der Waals surface area contributed by atoms with E-state index in [1.54, 1.807) is 0 Å². The highest BCUT2D eigenvalue weighted by atomic mass is 32.2. The SMILES string of the molecule is Cc1cc(CC(N)C2CSc3ccccc3O2)n(C)n1. The lowest BCUT2D eigenvalue weighted by molar-refractivity contribution is 0.183. The summed E-state index contributed by atoms with van der Waals surface area (Å²) in [7, 11) is 1.96. The van der Waals surface area contributed by atoms with Crippen molar-refractivity contribution in [1.29, 1.82) is 0 Å². The first kappa shape index (κ1) is 13.5. The third-order valence-corrected chi connectivity index (χ3v) is 4.70. The molecule has 2 N–H and O–H groups in total. The number of aryl methyl sites for hydroxylation is 2. The Labute approximate surface area is 123 Å². The summed E-state index contributed by atoms with van der Waals surface area (Å²) >= 11 is 1.82. The third kappa shape index (κ3) is 2.69. The highest BCUT2D eigenvalue weighted by Crippen LogP contribution is 2.35. The second-order valence-electron chi connectivity index (χ2n) is 5.18. The number of thioether (sulfide) groups is 1. The van der Waals surface area contributed by atoms with E-state index in [0.717, 1.165) is 29.3 Å². The maximum absolute atomic E-state index is 6.34. The minimum absolute atomic E-state index is 0.0225. The smallest absolute Gasteiger partial charge is 0.133 e. The molecule has 0 saturated heterocycles. The van der Waals surface area contributed by atoms with Crippen LogP contribution in [0, 0.1) is 6.92 Å². The average Bonchev–Trinajstić information content (AvgIpc) is 2.76. The van der Waals surface area contributed by atoms with E-state index >= 15 is 0 Å². The summed E-state index contributed by atoms with van der Waals surface area (Å²) in [4.78, 5) is 1.20. The zero-order chi connectivity index (χ0) is 14.1. The van der Waals surface area contributed by atoms with Crippen molar-refractivity contribution in [3.63, 3.8) is 0 Å². The maximum Gasteiger partial charge on any atom is 0.133 e. The van der Waals surface area contributed by atoms with E-state index in [9.17, 15) is 0 Å². The normalized spacial score (nSPS) is 19.2. The highest BCUT2D eigenvalue weighted by molar-refractivity contribution is 7.99. The number of para-hydroxylation sites is 1. The molecule has 2 aromatic rings. The van der Waals surface area contributed by atoms with Gasteiger partial charge in [-0.15, -0.1) is 11.8 Å². The van der Waals surface area contributed by atoms with Crippen LogP contribution in [0.4, 0.5) is 0 Å². The molecule has 3 rings (SSSR count). The molecule has 4 nitrogen and oxygen atoms in total. The minimum Gasteiger partial charge on any atom is -0.487 e. The van der Waals surface area contributed by atoms with Crippen molar-refractivity contribution in [2.75, 3.05) is 5.75 Å². The van der Waals surface area contributed by atoms with Crippen LogP contribution in [0.2, 0.25) is 0 Å². The molecule has 20 heavy (non-hydrogen) atoms. The van der Waals surface area contributed by atoms with Gasteiger partial charge in [0.25, 0.3) is 0 Å². The van der Waals surface area contributed by atoms with Crippen LogP contribution < -0.4 is 10.5 Å². The topological polar surface area (TPSA) is 53.1 Å². The van der Waals surface area contributed by atoms with Crippen molar-refractivity contribution in [2.24, 2.45) is 12.8 Å². The van der Waals surface area contributed by atoms with Crippen molar-refractivity contribution in [2.45, 2.75) is 30.4 Å². The van der Waals surface area contributed by atoms with Crippen LogP contribution in [0.15, 0.2) is 35.2 Å². The number of nitrogens with zero attached hydrogens (tertiary/aromatic N) is 2. The molecule has 0 saturated carbocycles. The van der Waals surface area contributed by atoms with Crippen molar-refractivity contribution in [1.82, 2.24) is 9.78 Å². The zero-order valence-electron chi connectivity index (χ0n) is 11.7. The Balaban J connectivity index is 1.70. The van der Waals surface area contributed by atoms with E-state index in [2.05, 4.69) is 17.2 Å². The van der Waals surface area contributed by atoms with Gasteiger partial charge >= 0.3 is 0 Å². The minimum atomic E-state index is -0.0225. The number of hydrogen-bond donors (Lipinski definition) is 1. The van der Waals surface area contributed by atoms with E-state index in [1.807, 2.05) is 48.6 Å². The fourth-order valence-electron chi connectivity index (χ4n) is 2.47. The van der Waals surface area contributed by atoms with E-state index in [4.69, 9.17) is 10.5 Å². The predicted octanol–water partition coefficient (Wildman–Crippen LogP) is 2.15. The fourth-order valence-corrected chi connectivity index (χ4v) is 3.57. The number of fused-ring (bicyclic) bond motifs is 1. The van der Waals surface area contributed by atoms with Crippen LogP contribution >= 0.6 is 11.8 Å². The summed E-state index contributed by atoms with van der Waals surface area (Å²) in [6.07, 6.45) is 0.829. The van der Waals surface area contributed by atoms with Gasteiger partial charge in [-0.2, -0.15) is 5.10 Å². The van der Waals surface area contributed by atoms with Crippen LogP contribution in [0.1, 0.15) is 11.4 Å². The summed E-state index contributed by atoms with van der Waals surface area (Å²) in [5.74, 6) is 1.85. The fraction of sp³-hybridized carbons (Fsp3) is 0.400. The van der Waals surface area contributed by atoms with Crippen LogP contribution in [-0.4, -0.2) is 27.7 Å². The number of nitrogens with two attached hydrogens (primary N) is 1. The Kier molecular flexibility index (Phi) is 3.72. The van der Waals surface area contributed by atoms with Gasteiger partial charge in [0.1, 0.15) is 11.9 Å². The molecule has 1 aromatic carbocycles. The number of rotatable bonds is 3. The second kappa shape index (κ2) is 5.50. The van der Waals surface area contributed by atoms with E-state index in [0.29, 0.717) is 0 Å². The second-order valence-corrected chi connectivity index (χ2v) is 6.24. The molecule has 0 radical (unpaired) electrons. The molecule has 2 unspecified atom stereocenters. The Hall–Kier alpha value is -1.46. The molecule has 2 atom stereocenters. The molecule has 0 amide bonds. The molecule has 0 aliphatic carbocycles. The molecular weight excluding hydrogens is 270 g/mol. The molecule has 1 aliphatic heterocycles. The van der Waals surface area contributed by atoms with Crippen molar-refractivity contribution in [3.8, 4) is 5.75 Å². The quantitative estimate of drug-likeness (QED) is 0.940. The van der Waals surface area contributed by atoms with E-state index in [1.165, 1.54) is 4.90 Å². The molecule has 5 heteroatoms. The van der Waals surface area contributed by atoms with E-state index in [-0.39, 0.29) is 12.1 Å². The number of aromatic nitrogens is 2. The third-order valence-electron chi connectivity index (χ3n) is 3.55. The van der Waals surface area contributed by atoms with Gasteiger partial charge < -0.3 is 10.5 Å². The first-order valence-electron chi connectivity index (χ1n) is 6.77. The van der Waals surface area contributed by atoms with Gasteiger partial charge in [0, 0.05) is 35.9 Å². The molecule has 0 bridgehead atoms. The summed E-state index contributed by atoms with van der Waals surface area (Å²) in [6, 6.07) is 10.2. The number of ether oxygens (including phenoxy) is 1. The molecule has 2 heterocycles. The first-order chi connectivity index (χ1) is 9.63. The largest absolute Gasteiger partial charge is 0.487 e. The van der Waals surface area contributed by atoms with Gasteiger partial charge in [-0.25, -0.2) is 0 Å². The number of benzene rings is 1. The molecular formula is C15H19N3OS. The van der Waals surface area contributed by atoms with E-state index < -0.39 is 0 Å². The summed E-state index contributed by atoms with van der Waals surface area (Å²) < 4.78 is 7.94. The Morgan fingerprint density at radius 1 is 1.50 bits per heavy atom. The van der Waals surface area contributed by atoms with Gasteiger partial charge in [-0.05, 0) is 25.1 Å². The average molecular weight is 289 g/mol. The lowest BCUT2D eigenvalue weighted by atomic mass is 10.1. The van der Waals surface area contributed by atoms with Gasteiger partial charge in [0.05, 0.1) is 5.69 Å². The Bertz CT molecular complexity index is 611. The first-order valence-corrected chi connectivity index (χ1v) is 7.75.